The van der Waals surface area contributed by atoms with Gasteiger partial charge < -0.3 is 4.90 Å². The van der Waals surface area contributed by atoms with Crippen molar-refractivity contribution in [2.24, 2.45) is 5.92 Å². The Labute approximate surface area is 157 Å². The molecule has 1 amide bonds. The van der Waals surface area contributed by atoms with Crippen LogP contribution in [0.2, 0.25) is 0 Å². The molecule has 2 heterocycles. The lowest BCUT2D eigenvalue weighted by Gasteiger charge is -2.32. The summed E-state index contributed by atoms with van der Waals surface area (Å²) in [5.41, 5.74) is 1.79. The standard InChI is InChI=1S/C22H21NO2S/c1-15-11-13-26-21(15)22(25)23-12-5-8-17(14-23)20(24)19-10-4-7-16-6-2-3-9-18(16)19/h2-4,6-7,9-11,13,17H,5,8,12,14H2,1H3/t17-/m0/s1. The van der Waals surface area contributed by atoms with Crippen molar-refractivity contribution < 1.29 is 9.59 Å². The van der Waals surface area contributed by atoms with Crippen LogP contribution in [-0.4, -0.2) is 29.7 Å². The second-order valence-corrected chi connectivity index (χ2v) is 7.83. The third kappa shape index (κ3) is 3.06. The van der Waals surface area contributed by atoms with Crippen molar-refractivity contribution in [3.05, 3.63) is 69.9 Å². The first kappa shape index (κ1) is 17.0. The molecule has 26 heavy (non-hydrogen) atoms. The minimum Gasteiger partial charge on any atom is -0.337 e. The molecule has 1 aliphatic rings. The average Bonchev–Trinajstić information content (AvgIpc) is 3.12. The van der Waals surface area contributed by atoms with E-state index in [2.05, 4.69) is 0 Å². The fraction of sp³-hybridized carbons (Fsp3) is 0.273. The van der Waals surface area contributed by atoms with Crippen LogP contribution in [0.4, 0.5) is 0 Å². The number of nitrogens with zero attached hydrogens (tertiary/aromatic N) is 1. The number of likely N-dealkylation sites (tertiary alicyclic amines) is 1. The number of thiophene rings is 1. The molecule has 0 radical (unpaired) electrons. The van der Waals surface area contributed by atoms with E-state index in [1.165, 1.54) is 11.3 Å². The van der Waals surface area contributed by atoms with Crippen LogP contribution in [-0.2, 0) is 0 Å². The quantitative estimate of drug-likeness (QED) is 0.618. The zero-order valence-electron chi connectivity index (χ0n) is 14.8. The molecule has 1 aromatic heterocycles. The number of hydrogen-bond donors (Lipinski definition) is 0. The Kier molecular flexibility index (Phi) is 4.60. The van der Waals surface area contributed by atoms with Gasteiger partial charge in [0.25, 0.3) is 5.91 Å². The van der Waals surface area contributed by atoms with Gasteiger partial charge in [-0.15, -0.1) is 11.3 Å². The molecule has 0 unspecified atom stereocenters. The maximum Gasteiger partial charge on any atom is 0.264 e. The van der Waals surface area contributed by atoms with Gasteiger partial charge >= 0.3 is 0 Å². The summed E-state index contributed by atoms with van der Waals surface area (Å²) in [5, 5.41) is 4.03. The SMILES string of the molecule is Cc1ccsc1C(=O)N1CCC[C@H](C(=O)c2cccc3ccccc23)C1. The minimum absolute atomic E-state index is 0.0629. The Bertz CT molecular complexity index is 970. The maximum atomic E-state index is 13.2. The monoisotopic (exact) mass is 363 g/mol. The number of ketones is 1. The number of amides is 1. The van der Waals surface area contributed by atoms with E-state index in [0.717, 1.165) is 46.2 Å². The Hall–Kier alpha value is -2.46. The Balaban J connectivity index is 1.58. The molecule has 0 bridgehead atoms. The van der Waals surface area contributed by atoms with Gasteiger partial charge in [0.1, 0.15) is 0 Å². The molecule has 4 rings (SSSR count). The van der Waals surface area contributed by atoms with E-state index < -0.39 is 0 Å². The third-order valence-corrected chi connectivity index (χ3v) is 6.20. The van der Waals surface area contributed by atoms with E-state index in [1.807, 2.05) is 65.7 Å². The summed E-state index contributed by atoms with van der Waals surface area (Å²) < 4.78 is 0. The molecule has 1 saturated heterocycles. The summed E-state index contributed by atoms with van der Waals surface area (Å²) in [6.07, 6.45) is 1.71. The predicted molar refractivity (Wildman–Crippen MR) is 106 cm³/mol. The second-order valence-electron chi connectivity index (χ2n) is 6.91. The molecule has 0 aliphatic carbocycles. The van der Waals surface area contributed by atoms with E-state index in [1.54, 1.807) is 0 Å². The van der Waals surface area contributed by atoms with E-state index in [-0.39, 0.29) is 17.6 Å². The van der Waals surface area contributed by atoms with Crippen molar-refractivity contribution in [1.29, 1.82) is 0 Å². The smallest absolute Gasteiger partial charge is 0.264 e. The highest BCUT2D eigenvalue weighted by atomic mass is 32.1. The van der Waals surface area contributed by atoms with Gasteiger partial charge in [-0.25, -0.2) is 0 Å². The lowest BCUT2D eigenvalue weighted by molar-refractivity contribution is 0.0641. The highest BCUT2D eigenvalue weighted by molar-refractivity contribution is 7.12. The van der Waals surface area contributed by atoms with Gasteiger partial charge in [-0.05, 0) is 47.5 Å². The van der Waals surface area contributed by atoms with Crippen molar-refractivity contribution >= 4 is 33.8 Å². The summed E-state index contributed by atoms with van der Waals surface area (Å²) in [6, 6.07) is 15.8. The summed E-state index contributed by atoms with van der Waals surface area (Å²) in [6.45, 7) is 3.21. The van der Waals surface area contributed by atoms with E-state index >= 15 is 0 Å². The molecule has 3 aromatic rings. The number of benzene rings is 2. The van der Waals surface area contributed by atoms with Gasteiger partial charge in [0.15, 0.2) is 5.78 Å². The fourth-order valence-electron chi connectivity index (χ4n) is 3.77. The molecule has 1 fully saturated rings. The lowest BCUT2D eigenvalue weighted by atomic mass is 9.88. The van der Waals surface area contributed by atoms with Crippen molar-refractivity contribution in [3.8, 4) is 0 Å². The van der Waals surface area contributed by atoms with E-state index in [0.29, 0.717) is 6.54 Å². The van der Waals surface area contributed by atoms with Crippen molar-refractivity contribution in [1.82, 2.24) is 4.90 Å². The van der Waals surface area contributed by atoms with Crippen molar-refractivity contribution in [3.63, 3.8) is 0 Å². The number of rotatable bonds is 3. The normalized spacial score (nSPS) is 17.4. The maximum absolute atomic E-state index is 13.2. The van der Waals surface area contributed by atoms with Crippen LogP contribution < -0.4 is 0 Å². The molecule has 0 N–H and O–H groups in total. The molecule has 0 spiro atoms. The largest absolute Gasteiger partial charge is 0.337 e. The van der Waals surface area contributed by atoms with E-state index in [9.17, 15) is 9.59 Å². The first-order valence-electron chi connectivity index (χ1n) is 9.00. The van der Waals surface area contributed by atoms with Crippen LogP contribution in [0.25, 0.3) is 10.8 Å². The predicted octanol–water partition coefficient (Wildman–Crippen LogP) is 4.94. The number of carbonyl (C=O) groups is 2. The first-order chi connectivity index (χ1) is 12.6. The highest BCUT2D eigenvalue weighted by Gasteiger charge is 2.30. The van der Waals surface area contributed by atoms with Gasteiger partial charge in [-0.1, -0.05) is 42.5 Å². The molecule has 4 heteroatoms. The van der Waals surface area contributed by atoms with Gasteiger partial charge in [0.2, 0.25) is 0 Å². The average molecular weight is 363 g/mol. The summed E-state index contributed by atoms with van der Waals surface area (Å²) in [4.78, 5) is 28.7. The van der Waals surface area contributed by atoms with E-state index in [4.69, 9.17) is 0 Å². The van der Waals surface area contributed by atoms with Crippen LogP contribution in [0.3, 0.4) is 0 Å². The molecule has 1 atom stereocenters. The number of Topliss-reactive ketones (excluding diaryl/α,β-unsaturated/α-hetero) is 1. The number of carbonyl (C=O) groups excluding carboxylic acids is 2. The molecular formula is C22H21NO2S. The van der Waals surface area contributed by atoms with Crippen LogP contribution in [0.5, 0.6) is 0 Å². The Morgan fingerprint density at radius 1 is 1.08 bits per heavy atom. The zero-order valence-corrected chi connectivity index (χ0v) is 15.6. The molecule has 3 nitrogen and oxygen atoms in total. The number of aryl methyl sites for hydroxylation is 1. The summed E-state index contributed by atoms with van der Waals surface area (Å²) in [5.74, 6) is 0.0916. The molecule has 0 saturated carbocycles. The molecular weight excluding hydrogens is 342 g/mol. The topological polar surface area (TPSA) is 37.4 Å². The lowest BCUT2D eigenvalue weighted by Crippen LogP contribution is -2.42. The summed E-state index contributed by atoms with van der Waals surface area (Å²) >= 11 is 1.48. The van der Waals surface area contributed by atoms with Crippen molar-refractivity contribution in [2.45, 2.75) is 19.8 Å². The Morgan fingerprint density at radius 2 is 1.88 bits per heavy atom. The van der Waals surface area contributed by atoms with Crippen LogP contribution in [0.15, 0.2) is 53.9 Å². The minimum atomic E-state index is -0.126. The van der Waals surface area contributed by atoms with Gasteiger partial charge in [-0.3, -0.25) is 9.59 Å². The number of hydrogen-bond acceptors (Lipinski definition) is 3. The third-order valence-electron chi connectivity index (χ3n) is 5.19. The first-order valence-corrected chi connectivity index (χ1v) is 9.88. The van der Waals surface area contributed by atoms with Crippen LogP contribution in [0, 0.1) is 12.8 Å². The number of piperidine rings is 1. The van der Waals surface area contributed by atoms with Gasteiger partial charge in [0, 0.05) is 24.6 Å². The molecule has 132 valence electrons. The zero-order chi connectivity index (χ0) is 18.1. The van der Waals surface area contributed by atoms with Crippen LogP contribution in [0.1, 0.15) is 38.4 Å². The van der Waals surface area contributed by atoms with Gasteiger partial charge in [-0.2, -0.15) is 0 Å². The number of fused-ring (bicyclic) bond motifs is 1. The second kappa shape index (κ2) is 7.04. The Morgan fingerprint density at radius 3 is 2.69 bits per heavy atom. The van der Waals surface area contributed by atoms with Gasteiger partial charge in [0.05, 0.1) is 4.88 Å². The fourth-order valence-corrected chi connectivity index (χ4v) is 4.66. The molecule has 1 aliphatic heterocycles. The summed E-state index contributed by atoms with van der Waals surface area (Å²) in [7, 11) is 0. The highest BCUT2D eigenvalue weighted by Crippen LogP contribution is 2.27. The van der Waals surface area contributed by atoms with Crippen molar-refractivity contribution in [2.75, 3.05) is 13.1 Å². The molecule has 2 aromatic carbocycles. The van der Waals surface area contributed by atoms with Crippen LogP contribution >= 0.6 is 11.3 Å².